The predicted octanol–water partition coefficient (Wildman–Crippen LogP) is 1.84. The van der Waals surface area contributed by atoms with Crippen molar-refractivity contribution in [3.05, 3.63) is 5.82 Å². The third-order valence-corrected chi connectivity index (χ3v) is 3.57. The maximum atomic E-state index is 11.9. The van der Waals surface area contributed by atoms with Crippen molar-refractivity contribution in [2.75, 3.05) is 0 Å². The molecule has 1 amide bonds. The van der Waals surface area contributed by atoms with Crippen molar-refractivity contribution in [1.82, 2.24) is 25.5 Å². The minimum atomic E-state index is -0.386. The predicted molar refractivity (Wildman–Crippen MR) is 71.2 cm³/mol. The maximum Gasteiger partial charge on any atom is 0.225 e. The molecule has 0 aromatic carbocycles. The first-order valence-corrected chi connectivity index (χ1v) is 7.03. The Morgan fingerprint density at radius 3 is 2.63 bits per heavy atom. The molecule has 0 radical (unpaired) electrons. The number of aromatic nitrogens is 4. The van der Waals surface area contributed by atoms with E-state index in [0.717, 1.165) is 18.7 Å². The molecule has 6 heteroatoms. The van der Waals surface area contributed by atoms with Crippen molar-refractivity contribution in [1.29, 1.82) is 0 Å². The number of nitrogens with one attached hydrogen (secondary N) is 1. The molecule has 0 bridgehead atoms. The lowest BCUT2D eigenvalue weighted by atomic mass is 9.95. The fourth-order valence-corrected chi connectivity index (χ4v) is 2.36. The summed E-state index contributed by atoms with van der Waals surface area (Å²) in [5, 5.41) is 14.8. The molecule has 6 nitrogen and oxygen atoms in total. The van der Waals surface area contributed by atoms with Gasteiger partial charge in [0.2, 0.25) is 5.91 Å². The first-order valence-electron chi connectivity index (χ1n) is 7.03. The largest absolute Gasteiger partial charge is 0.348 e. The normalized spacial score (nSPS) is 17.4. The van der Waals surface area contributed by atoms with Gasteiger partial charge in [-0.25, -0.2) is 4.68 Å². The first kappa shape index (κ1) is 14.0. The van der Waals surface area contributed by atoms with Gasteiger partial charge in [0.05, 0.1) is 12.6 Å². The van der Waals surface area contributed by atoms with Crippen LogP contribution in [0.25, 0.3) is 0 Å². The van der Waals surface area contributed by atoms with Crippen LogP contribution in [0.4, 0.5) is 0 Å². The zero-order chi connectivity index (χ0) is 13.9. The Morgan fingerprint density at radius 2 is 2.00 bits per heavy atom. The van der Waals surface area contributed by atoms with E-state index in [9.17, 15) is 4.79 Å². The first-order chi connectivity index (χ1) is 8.98. The molecule has 1 saturated carbocycles. The second kappa shape index (κ2) is 5.67. The minimum absolute atomic E-state index is 0.0192. The second-order valence-electron chi connectivity index (χ2n) is 6.26. The van der Waals surface area contributed by atoms with E-state index in [2.05, 4.69) is 20.8 Å². The quantitative estimate of drug-likeness (QED) is 0.905. The van der Waals surface area contributed by atoms with Gasteiger partial charge in [0.15, 0.2) is 5.82 Å². The summed E-state index contributed by atoms with van der Waals surface area (Å²) in [4.78, 5) is 11.9. The molecule has 0 atom stereocenters. The average Bonchev–Trinajstić information content (AvgIpc) is 2.84. The number of tetrazole rings is 1. The van der Waals surface area contributed by atoms with E-state index in [4.69, 9.17) is 0 Å². The Morgan fingerprint density at radius 1 is 1.32 bits per heavy atom. The van der Waals surface area contributed by atoms with Crippen LogP contribution < -0.4 is 5.32 Å². The highest BCUT2D eigenvalue weighted by molar-refractivity contribution is 5.81. The lowest BCUT2D eigenvalue weighted by molar-refractivity contribution is -0.128. The standard InChI is InChI=1S/C13H23N5O/c1-13(2,3)12(19)14-9-11-15-16-17-18(11)10-7-5-4-6-8-10/h10H,4-9H2,1-3H3,(H,14,19). The summed E-state index contributed by atoms with van der Waals surface area (Å²) in [6, 6.07) is 0.394. The van der Waals surface area contributed by atoms with Gasteiger partial charge in [0.25, 0.3) is 0 Å². The summed E-state index contributed by atoms with van der Waals surface area (Å²) in [6.07, 6.45) is 6.03. The van der Waals surface area contributed by atoms with Crippen molar-refractivity contribution in [3.63, 3.8) is 0 Å². The van der Waals surface area contributed by atoms with Gasteiger partial charge >= 0.3 is 0 Å². The molecule has 1 aliphatic rings. The Kier molecular flexibility index (Phi) is 4.17. The van der Waals surface area contributed by atoms with Crippen molar-refractivity contribution >= 4 is 5.91 Å². The van der Waals surface area contributed by atoms with E-state index in [0.29, 0.717) is 12.6 Å². The Hall–Kier alpha value is -1.46. The molecule has 0 spiro atoms. The van der Waals surface area contributed by atoms with Crippen LogP contribution in [0.2, 0.25) is 0 Å². The summed E-state index contributed by atoms with van der Waals surface area (Å²) in [5.41, 5.74) is -0.386. The van der Waals surface area contributed by atoms with E-state index in [1.54, 1.807) is 0 Å². The van der Waals surface area contributed by atoms with Gasteiger partial charge in [-0.05, 0) is 23.3 Å². The van der Waals surface area contributed by atoms with E-state index < -0.39 is 0 Å². The monoisotopic (exact) mass is 265 g/mol. The third kappa shape index (κ3) is 3.52. The molecule has 0 aliphatic heterocycles. The summed E-state index contributed by atoms with van der Waals surface area (Å²) < 4.78 is 1.89. The zero-order valence-corrected chi connectivity index (χ0v) is 12.0. The van der Waals surface area contributed by atoms with E-state index >= 15 is 0 Å². The lowest BCUT2D eigenvalue weighted by Gasteiger charge is -2.23. The Balaban J connectivity index is 1.98. The maximum absolute atomic E-state index is 11.9. The summed E-state index contributed by atoms with van der Waals surface area (Å²) >= 11 is 0. The summed E-state index contributed by atoms with van der Waals surface area (Å²) in [7, 11) is 0. The average molecular weight is 265 g/mol. The fraction of sp³-hybridized carbons (Fsp3) is 0.846. The SMILES string of the molecule is CC(C)(C)C(=O)NCc1nnnn1C1CCCCC1. The molecule has 0 unspecified atom stereocenters. The van der Waals surface area contributed by atoms with Crippen LogP contribution in [0.15, 0.2) is 0 Å². The molecule has 0 saturated heterocycles. The molecule has 1 aromatic heterocycles. The number of carbonyl (C=O) groups is 1. The van der Waals surface area contributed by atoms with Gasteiger partial charge in [0, 0.05) is 5.41 Å². The van der Waals surface area contributed by atoms with Crippen LogP contribution in [0, 0.1) is 5.41 Å². The number of amides is 1. The topological polar surface area (TPSA) is 72.7 Å². The van der Waals surface area contributed by atoms with Gasteiger partial charge in [-0.2, -0.15) is 0 Å². The number of hydrogen-bond donors (Lipinski definition) is 1. The Bertz CT molecular complexity index is 428. The summed E-state index contributed by atoms with van der Waals surface area (Å²) in [6.45, 7) is 6.09. The number of carbonyl (C=O) groups excluding carboxylic acids is 1. The lowest BCUT2D eigenvalue weighted by Crippen LogP contribution is -2.35. The molecule has 1 aromatic rings. The molecule has 1 aliphatic carbocycles. The molecule has 19 heavy (non-hydrogen) atoms. The molecule has 1 heterocycles. The van der Waals surface area contributed by atoms with Gasteiger partial charge in [-0.3, -0.25) is 4.79 Å². The van der Waals surface area contributed by atoms with Crippen LogP contribution in [0.1, 0.15) is 64.7 Å². The van der Waals surface area contributed by atoms with E-state index in [-0.39, 0.29) is 11.3 Å². The number of rotatable bonds is 3. The third-order valence-electron chi connectivity index (χ3n) is 3.57. The molecular weight excluding hydrogens is 242 g/mol. The molecule has 1 fully saturated rings. The van der Waals surface area contributed by atoms with Gasteiger partial charge < -0.3 is 5.32 Å². The fourth-order valence-electron chi connectivity index (χ4n) is 2.36. The highest BCUT2D eigenvalue weighted by atomic mass is 16.2. The van der Waals surface area contributed by atoms with Crippen molar-refractivity contribution in [2.24, 2.45) is 5.41 Å². The Labute approximate surface area is 113 Å². The molecule has 2 rings (SSSR count). The van der Waals surface area contributed by atoms with Gasteiger partial charge in [0.1, 0.15) is 0 Å². The van der Waals surface area contributed by atoms with Crippen LogP contribution in [-0.2, 0) is 11.3 Å². The number of hydrogen-bond acceptors (Lipinski definition) is 4. The van der Waals surface area contributed by atoms with Gasteiger partial charge in [-0.15, -0.1) is 5.10 Å². The van der Waals surface area contributed by atoms with Crippen LogP contribution >= 0.6 is 0 Å². The molecule has 106 valence electrons. The molecule has 1 N–H and O–H groups in total. The zero-order valence-electron chi connectivity index (χ0n) is 12.0. The van der Waals surface area contributed by atoms with Gasteiger partial charge in [-0.1, -0.05) is 40.0 Å². The van der Waals surface area contributed by atoms with E-state index in [1.807, 2.05) is 25.5 Å². The second-order valence-corrected chi connectivity index (χ2v) is 6.26. The number of nitrogens with zero attached hydrogens (tertiary/aromatic N) is 4. The van der Waals surface area contributed by atoms with Crippen molar-refractivity contribution in [2.45, 2.75) is 65.5 Å². The van der Waals surface area contributed by atoms with Crippen molar-refractivity contribution in [3.8, 4) is 0 Å². The minimum Gasteiger partial charge on any atom is -0.348 e. The van der Waals surface area contributed by atoms with Crippen LogP contribution in [0.5, 0.6) is 0 Å². The van der Waals surface area contributed by atoms with Crippen molar-refractivity contribution < 1.29 is 4.79 Å². The summed E-state index contributed by atoms with van der Waals surface area (Å²) in [5.74, 6) is 0.773. The van der Waals surface area contributed by atoms with Crippen LogP contribution in [-0.4, -0.2) is 26.1 Å². The highest BCUT2D eigenvalue weighted by Crippen LogP contribution is 2.27. The smallest absolute Gasteiger partial charge is 0.225 e. The van der Waals surface area contributed by atoms with Crippen LogP contribution in [0.3, 0.4) is 0 Å². The molecular formula is C13H23N5O. The highest BCUT2D eigenvalue weighted by Gasteiger charge is 2.23. The van der Waals surface area contributed by atoms with E-state index in [1.165, 1.54) is 19.3 Å².